The van der Waals surface area contributed by atoms with Gasteiger partial charge in [-0.05, 0) is 38.2 Å². The van der Waals surface area contributed by atoms with Gasteiger partial charge in [0, 0.05) is 12.6 Å². The monoisotopic (exact) mass is 260 g/mol. The summed E-state index contributed by atoms with van der Waals surface area (Å²) in [6.07, 6.45) is 3.68. The average Bonchev–Trinajstić information content (AvgIpc) is 2.41. The van der Waals surface area contributed by atoms with Crippen LogP contribution >= 0.6 is 0 Å². The second-order valence-electron chi connectivity index (χ2n) is 5.69. The molecule has 0 bridgehead atoms. The zero-order valence-corrected chi connectivity index (χ0v) is 11.9. The summed E-state index contributed by atoms with van der Waals surface area (Å²) in [6.45, 7) is 4.87. The Bertz CT molecular complexity index is 426. The quantitative estimate of drug-likeness (QED) is 0.884. The molecule has 3 nitrogen and oxygen atoms in total. The van der Waals surface area contributed by atoms with E-state index in [9.17, 15) is 4.79 Å². The van der Waals surface area contributed by atoms with Crippen LogP contribution in [0.15, 0.2) is 30.3 Å². The van der Waals surface area contributed by atoms with Gasteiger partial charge < -0.3 is 10.6 Å². The zero-order chi connectivity index (χ0) is 13.9. The molecule has 1 aliphatic carbocycles. The molecule has 0 radical (unpaired) electrons. The topological polar surface area (TPSA) is 46.3 Å². The Morgan fingerprint density at radius 3 is 2.47 bits per heavy atom. The zero-order valence-electron chi connectivity index (χ0n) is 11.9. The molecule has 1 aliphatic rings. The first-order valence-electron chi connectivity index (χ1n) is 7.20. The van der Waals surface area contributed by atoms with Crippen LogP contribution < -0.4 is 5.73 Å². The molecule has 0 spiro atoms. The first-order chi connectivity index (χ1) is 9.07. The molecule has 1 saturated carbocycles. The fourth-order valence-corrected chi connectivity index (χ4v) is 2.49. The SMILES string of the molecule is CCC(C)N(Cc1ccccc1)C(=O)C1(N)CCC1. The van der Waals surface area contributed by atoms with Crippen molar-refractivity contribution in [2.45, 2.75) is 57.7 Å². The highest BCUT2D eigenvalue weighted by molar-refractivity contribution is 5.87. The van der Waals surface area contributed by atoms with Gasteiger partial charge in [0.25, 0.3) is 0 Å². The summed E-state index contributed by atoms with van der Waals surface area (Å²) in [5.74, 6) is 0.122. The summed E-state index contributed by atoms with van der Waals surface area (Å²) >= 11 is 0. The van der Waals surface area contributed by atoms with Crippen LogP contribution in [0.5, 0.6) is 0 Å². The van der Waals surface area contributed by atoms with Gasteiger partial charge in [-0.15, -0.1) is 0 Å². The van der Waals surface area contributed by atoms with Gasteiger partial charge >= 0.3 is 0 Å². The second-order valence-corrected chi connectivity index (χ2v) is 5.69. The van der Waals surface area contributed by atoms with E-state index in [0.29, 0.717) is 6.54 Å². The molecule has 19 heavy (non-hydrogen) atoms. The number of nitrogens with two attached hydrogens (primary N) is 1. The van der Waals surface area contributed by atoms with Gasteiger partial charge in [-0.25, -0.2) is 0 Å². The van der Waals surface area contributed by atoms with E-state index in [4.69, 9.17) is 5.73 Å². The van der Waals surface area contributed by atoms with E-state index in [1.54, 1.807) is 0 Å². The van der Waals surface area contributed by atoms with Crippen molar-refractivity contribution in [2.24, 2.45) is 5.73 Å². The number of hydrogen-bond acceptors (Lipinski definition) is 2. The van der Waals surface area contributed by atoms with E-state index in [1.807, 2.05) is 23.1 Å². The van der Waals surface area contributed by atoms with E-state index in [0.717, 1.165) is 25.7 Å². The lowest BCUT2D eigenvalue weighted by atomic mass is 9.76. The molecule has 1 aromatic rings. The van der Waals surface area contributed by atoms with Gasteiger partial charge in [0.1, 0.15) is 0 Å². The van der Waals surface area contributed by atoms with Crippen LogP contribution in [0.3, 0.4) is 0 Å². The van der Waals surface area contributed by atoms with E-state index in [-0.39, 0.29) is 11.9 Å². The van der Waals surface area contributed by atoms with Gasteiger partial charge in [-0.1, -0.05) is 37.3 Å². The van der Waals surface area contributed by atoms with Gasteiger partial charge in [0.05, 0.1) is 5.54 Å². The van der Waals surface area contributed by atoms with Crippen LogP contribution in [0.1, 0.15) is 45.1 Å². The van der Waals surface area contributed by atoms with E-state index >= 15 is 0 Å². The molecule has 3 heteroatoms. The highest BCUT2D eigenvalue weighted by atomic mass is 16.2. The number of hydrogen-bond donors (Lipinski definition) is 1. The molecular weight excluding hydrogens is 236 g/mol. The maximum absolute atomic E-state index is 12.7. The van der Waals surface area contributed by atoms with Crippen molar-refractivity contribution in [3.63, 3.8) is 0 Å². The molecule has 1 unspecified atom stereocenters. The van der Waals surface area contributed by atoms with Crippen LogP contribution in [-0.2, 0) is 11.3 Å². The highest BCUT2D eigenvalue weighted by Crippen LogP contribution is 2.32. The molecule has 0 saturated heterocycles. The molecule has 1 amide bonds. The number of carbonyl (C=O) groups is 1. The van der Waals surface area contributed by atoms with Gasteiger partial charge in [-0.3, -0.25) is 4.79 Å². The molecule has 2 N–H and O–H groups in total. The van der Waals surface area contributed by atoms with Crippen molar-refractivity contribution in [3.05, 3.63) is 35.9 Å². The molecule has 1 aromatic carbocycles. The van der Waals surface area contributed by atoms with Crippen LogP contribution in [0.4, 0.5) is 0 Å². The maximum Gasteiger partial charge on any atom is 0.243 e. The molecule has 0 aromatic heterocycles. The second kappa shape index (κ2) is 5.74. The van der Waals surface area contributed by atoms with Crippen LogP contribution in [-0.4, -0.2) is 22.4 Å². The predicted molar refractivity (Wildman–Crippen MR) is 77.5 cm³/mol. The summed E-state index contributed by atoms with van der Waals surface area (Å²) in [6, 6.07) is 10.4. The van der Waals surface area contributed by atoms with Crippen molar-refractivity contribution in [1.82, 2.24) is 4.90 Å². The average molecular weight is 260 g/mol. The van der Waals surface area contributed by atoms with Gasteiger partial charge in [0.2, 0.25) is 5.91 Å². The summed E-state index contributed by atoms with van der Waals surface area (Å²) in [5, 5.41) is 0. The standard InChI is InChI=1S/C16H24N2O/c1-3-13(2)18(12-14-8-5-4-6-9-14)15(19)16(17)10-7-11-16/h4-6,8-9,13H,3,7,10-12,17H2,1-2H3. The normalized spacial score (nSPS) is 18.5. The Kier molecular flexibility index (Phi) is 4.25. The first-order valence-corrected chi connectivity index (χ1v) is 7.20. The predicted octanol–water partition coefficient (Wildman–Crippen LogP) is 2.70. The fourth-order valence-electron chi connectivity index (χ4n) is 2.49. The third kappa shape index (κ3) is 2.98. The Morgan fingerprint density at radius 1 is 1.37 bits per heavy atom. The van der Waals surface area contributed by atoms with Gasteiger partial charge in [0.15, 0.2) is 0 Å². The minimum Gasteiger partial charge on any atom is -0.334 e. The largest absolute Gasteiger partial charge is 0.334 e. The smallest absolute Gasteiger partial charge is 0.243 e. The van der Waals surface area contributed by atoms with Crippen LogP contribution in [0.2, 0.25) is 0 Å². The Balaban J connectivity index is 2.14. The number of nitrogens with zero attached hydrogens (tertiary/aromatic N) is 1. The maximum atomic E-state index is 12.7. The number of benzene rings is 1. The summed E-state index contributed by atoms with van der Waals surface area (Å²) in [7, 11) is 0. The van der Waals surface area contributed by atoms with Crippen molar-refractivity contribution in [1.29, 1.82) is 0 Å². The highest BCUT2D eigenvalue weighted by Gasteiger charge is 2.43. The minimum atomic E-state index is -0.599. The fraction of sp³-hybridized carbons (Fsp3) is 0.562. The van der Waals surface area contributed by atoms with Crippen molar-refractivity contribution in [2.75, 3.05) is 0 Å². The Hall–Kier alpha value is -1.35. The molecule has 104 valence electrons. The third-order valence-corrected chi connectivity index (χ3v) is 4.25. The minimum absolute atomic E-state index is 0.122. The van der Waals surface area contributed by atoms with Crippen molar-refractivity contribution < 1.29 is 4.79 Å². The molecule has 0 heterocycles. The Morgan fingerprint density at radius 2 is 2.00 bits per heavy atom. The van der Waals surface area contributed by atoms with E-state index in [2.05, 4.69) is 26.0 Å². The molecule has 0 aliphatic heterocycles. The lowest BCUT2D eigenvalue weighted by molar-refractivity contribution is -0.143. The molecule has 2 rings (SSSR count). The summed E-state index contributed by atoms with van der Waals surface area (Å²) in [5.41, 5.74) is 6.77. The summed E-state index contributed by atoms with van der Waals surface area (Å²) < 4.78 is 0. The van der Waals surface area contributed by atoms with Crippen LogP contribution in [0.25, 0.3) is 0 Å². The van der Waals surface area contributed by atoms with Gasteiger partial charge in [-0.2, -0.15) is 0 Å². The first kappa shape index (κ1) is 14.1. The molecule has 1 atom stereocenters. The number of rotatable bonds is 5. The molecular formula is C16H24N2O. The molecule has 1 fully saturated rings. The number of carbonyl (C=O) groups excluding carboxylic acids is 1. The van der Waals surface area contributed by atoms with E-state index in [1.165, 1.54) is 5.56 Å². The number of amides is 1. The lowest BCUT2D eigenvalue weighted by Crippen LogP contribution is -2.60. The van der Waals surface area contributed by atoms with Crippen LogP contribution in [0, 0.1) is 0 Å². The van der Waals surface area contributed by atoms with Crippen molar-refractivity contribution >= 4 is 5.91 Å². The lowest BCUT2D eigenvalue weighted by Gasteiger charge is -2.42. The van der Waals surface area contributed by atoms with E-state index < -0.39 is 5.54 Å². The van der Waals surface area contributed by atoms with Crippen molar-refractivity contribution in [3.8, 4) is 0 Å². The Labute approximate surface area is 115 Å². The summed E-state index contributed by atoms with van der Waals surface area (Å²) in [4.78, 5) is 14.6. The third-order valence-electron chi connectivity index (χ3n) is 4.25.